The average molecular weight is 1770 g/mol. The van der Waals surface area contributed by atoms with Crippen LogP contribution < -0.4 is 0 Å². The van der Waals surface area contributed by atoms with Gasteiger partial charge in [0, 0.05) is 159 Å². The van der Waals surface area contributed by atoms with E-state index in [1.165, 1.54) is 247 Å². The Morgan fingerprint density at radius 2 is 0.378 bits per heavy atom. The highest BCUT2D eigenvalue weighted by Gasteiger charge is 2.26. The molecule has 0 N–H and O–H groups in total. The highest BCUT2D eigenvalue weighted by atomic mass is 32.1. The van der Waals surface area contributed by atoms with E-state index in [-0.39, 0.29) is 0 Å². The van der Waals surface area contributed by atoms with Crippen molar-refractivity contribution in [3.63, 3.8) is 0 Å². The summed E-state index contributed by atoms with van der Waals surface area (Å²) in [7, 11) is 0. The second-order valence-electron chi connectivity index (χ2n) is 35.2. The van der Waals surface area contributed by atoms with Gasteiger partial charge in [-0.05, 0) is 174 Å². The summed E-state index contributed by atoms with van der Waals surface area (Å²) in [5, 5.41) is 23.5. The lowest BCUT2D eigenvalue weighted by Crippen LogP contribution is -1.98. The number of benzene rings is 21. The third-order valence-electron chi connectivity index (χ3n) is 27.9. The first kappa shape index (κ1) is 76.9. The quantitative estimate of drug-likeness (QED) is 0.138. The summed E-state index contributed by atoms with van der Waals surface area (Å²) in [5.41, 5.74) is 29.0. The Hall–Kier alpha value is -16.9. The van der Waals surface area contributed by atoms with Crippen molar-refractivity contribution in [2.45, 2.75) is 0 Å². The minimum absolute atomic E-state index is 1.16. The molecule has 0 amide bonds. The molecule has 9 heteroatoms. The summed E-state index contributed by atoms with van der Waals surface area (Å²) in [6, 6.07) is 173. The third-order valence-corrected chi connectivity index (χ3v) is 31.4. The van der Waals surface area contributed by atoms with Crippen molar-refractivity contribution in [3.8, 4) is 67.5 Å². The van der Waals surface area contributed by atoms with E-state index in [1.54, 1.807) is 0 Å². The van der Waals surface area contributed by atoms with Gasteiger partial charge in [-0.2, -0.15) is 0 Å². The summed E-state index contributed by atoms with van der Waals surface area (Å²) in [5.74, 6) is 0. The molecule has 0 atom stereocenters. The van der Waals surface area contributed by atoms with Crippen LogP contribution in [0.5, 0.6) is 0 Å². The van der Waals surface area contributed by atoms with E-state index in [4.69, 9.17) is 0 Å². The van der Waals surface area contributed by atoms with Gasteiger partial charge in [-0.3, -0.25) is 0 Å². The Labute approximate surface area is 787 Å². The largest absolute Gasteiger partial charge is 0.309 e. The lowest BCUT2D eigenvalue weighted by Gasteiger charge is -2.16. The van der Waals surface area contributed by atoms with E-state index in [1.807, 2.05) is 34.0 Å². The van der Waals surface area contributed by atoms with Gasteiger partial charge < -0.3 is 27.4 Å². The number of para-hydroxylation sites is 12. The molecule has 0 aliphatic heterocycles. The molecule has 0 aliphatic rings. The van der Waals surface area contributed by atoms with Crippen molar-refractivity contribution in [2.75, 3.05) is 0 Å². The van der Waals surface area contributed by atoms with Gasteiger partial charge in [0.1, 0.15) is 0 Å². The first-order valence-corrected chi connectivity index (χ1v) is 48.6. The number of hydrogen-bond donors (Lipinski definition) is 0. The normalized spacial score (nSPS) is 12.0. The molecule has 9 heterocycles. The minimum Gasteiger partial charge on any atom is -0.309 e. The fraction of sp³-hybridized carbons (Fsp3) is 0. The van der Waals surface area contributed by atoms with Crippen LogP contribution in [0.3, 0.4) is 0 Å². The zero-order chi connectivity index (χ0) is 88.5. The molecule has 0 unspecified atom stereocenters. The van der Waals surface area contributed by atoms with Gasteiger partial charge in [0.15, 0.2) is 0 Å². The van der Waals surface area contributed by atoms with Crippen LogP contribution in [-0.2, 0) is 0 Å². The highest BCUT2D eigenvalue weighted by molar-refractivity contribution is 7.27. The lowest BCUT2D eigenvalue weighted by atomic mass is 10.0. The van der Waals surface area contributed by atoms with Crippen molar-refractivity contribution in [1.29, 1.82) is 0 Å². The second-order valence-corrected chi connectivity index (χ2v) is 38.4. The van der Waals surface area contributed by atoms with Crippen molar-refractivity contribution in [2.24, 2.45) is 0 Å². The van der Waals surface area contributed by atoms with Crippen LogP contribution in [0, 0.1) is 0 Å². The van der Waals surface area contributed by atoms with Crippen molar-refractivity contribution in [1.82, 2.24) is 27.4 Å². The maximum absolute atomic E-state index is 2.48. The van der Waals surface area contributed by atoms with E-state index >= 15 is 0 Å². The summed E-state index contributed by atoms with van der Waals surface area (Å²) < 4.78 is 22.6. The van der Waals surface area contributed by atoms with E-state index in [9.17, 15) is 0 Å². The number of nitrogens with zero attached hydrogens (tertiary/aromatic N) is 6. The van der Waals surface area contributed by atoms with Crippen LogP contribution in [-0.4, -0.2) is 27.4 Å². The number of aromatic nitrogens is 6. The second kappa shape index (κ2) is 30.9. The molecule has 0 fully saturated rings. The SMILES string of the molecule is c1cc(-c2ccccc2-n2c3ccccc3c3c4c(ccc32)sc2ccccc24)cc(-n2c3ccccc3c3ccccc32)c1.c1cc(-c2ccccc2-n2c3ccccc3c3ccccc32)cc(-n2c3ccccc3c3c4c(ccc32)sc2ccccc24)c1.c1cc(-c2ccccc2-n2c3ccccc3c3ccccc32)cc(-n2c3ccccc3c3ccc4sc5ccccc5c4c32)c1. The zero-order valence-electron chi connectivity index (χ0n) is 72.9. The molecule has 0 aliphatic carbocycles. The Kier molecular flexibility index (Phi) is 17.6. The Morgan fingerprint density at radius 3 is 0.756 bits per heavy atom. The van der Waals surface area contributed by atoms with Gasteiger partial charge in [-0.15, -0.1) is 34.0 Å². The van der Waals surface area contributed by atoms with Crippen LogP contribution in [0.25, 0.3) is 259 Å². The summed E-state index contributed by atoms with van der Waals surface area (Å²) in [6.07, 6.45) is 0. The molecule has 30 aromatic rings. The fourth-order valence-electron chi connectivity index (χ4n) is 22.4. The highest BCUT2D eigenvalue weighted by Crippen LogP contribution is 2.50. The molecule has 6 nitrogen and oxygen atoms in total. The molecule has 0 saturated heterocycles. The van der Waals surface area contributed by atoms with E-state index in [0.29, 0.717) is 0 Å². The van der Waals surface area contributed by atoms with Crippen molar-refractivity contribution in [3.05, 3.63) is 473 Å². The summed E-state index contributed by atoms with van der Waals surface area (Å²) >= 11 is 5.64. The van der Waals surface area contributed by atoms with E-state index in [0.717, 1.165) is 11.4 Å². The molecule has 0 saturated carbocycles. The Balaban J connectivity index is 0.000000101. The monoisotopic (exact) mass is 1770 g/mol. The Morgan fingerprint density at radius 1 is 0.133 bits per heavy atom. The maximum atomic E-state index is 2.48. The summed E-state index contributed by atoms with van der Waals surface area (Å²) in [6.45, 7) is 0. The molecule has 0 radical (unpaired) electrons. The number of fused-ring (bicyclic) bond motifs is 30. The molecule has 30 rings (SSSR count). The lowest BCUT2D eigenvalue weighted by molar-refractivity contribution is 1.17. The number of thiophene rings is 3. The Bertz CT molecular complexity index is 9980. The molecule has 0 spiro atoms. The van der Waals surface area contributed by atoms with Crippen LogP contribution >= 0.6 is 34.0 Å². The van der Waals surface area contributed by atoms with Gasteiger partial charge >= 0.3 is 0 Å². The van der Waals surface area contributed by atoms with Crippen LogP contribution in [0.15, 0.2) is 473 Å². The van der Waals surface area contributed by atoms with Crippen molar-refractivity contribution < 1.29 is 0 Å². The molecule has 9 aromatic heterocycles. The fourth-order valence-corrected chi connectivity index (χ4v) is 25.7. The standard InChI is InChI=1S/3C42H26N2S/c1-6-19-35(44-37-21-8-2-15-30(37)31-16-3-9-22-38(31)44)29(14-1)27-12-11-13-28(26-27)43-36-20-7-4-17-32(36)33-24-25-40-41(42(33)43)34-18-5-10-23-39(34)45-40;1-6-19-34(44-35-20-7-2-15-30(35)31-16-3-8-21-36(31)44)29(14-1)27-12-11-13-28(26-27)43-37-22-9-4-17-32(37)41-38(43)24-25-40-42(41)33-18-5-10-23-39(33)45-40;1-6-19-34(44-37-22-9-4-17-32(37)41-38(44)24-25-40-42(41)33-18-5-10-23-39(33)45-40)29(14-1)27-12-11-13-28(26-27)43-35-20-7-2-15-30(35)31-16-3-8-21-36(31)43/h3*1-26H. The van der Waals surface area contributed by atoms with Gasteiger partial charge in [0.2, 0.25) is 0 Å². The van der Waals surface area contributed by atoms with Crippen LogP contribution in [0.1, 0.15) is 0 Å². The molecular weight excluding hydrogens is 1690 g/mol. The first-order valence-electron chi connectivity index (χ1n) is 46.1. The predicted octanol–water partition coefficient (Wildman–Crippen LogP) is 35.7. The molecule has 135 heavy (non-hydrogen) atoms. The average Bonchev–Trinajstić information content (AvgIpc) is 1.56. The first-order chi connectivity index (χ1) is 67.0. The maximum Gasteiger partial charge on any atom is 0.0634 e. The van der Waals surface area contributed by atoms with Gasteiger partial charge in [-0.25, -0.2) is 0 Å². The summed E-state index contributed by atoms with van der Waals surface area (Å²) in [4.78, 5) is 0. The minimum atomic E-state index is 1.16. The van der Waals surface area contributed by atoms with Crippen molar-refractivity contribution >= 4 is 225 Å². The van der Waals surface area contributed by atoms with E-state index < -0.39 is 0 Å². The molecule has 21 aromatic carbocycles. The molecule has 630 valence electrons. The molecular formula is C126H78N6S3. The van der Waals surface area contributed by atoms with Gasteiger partial charge in [0.25, 0.3) is 0 Å². The number of rotatable bonds is 9. The zero-order valence-corrected chi connectivity index (χ0v) is 75.4. The van der Waals surface area contributed by atoms with Gasteiger partial charge in [-0.1, -0.05) is 315 Å². The molecule has 0 bridgehead atoms. The smallest absolute Gasteiger partial charge is 0.0634 e. The topological polar surface area (TPSA) is 29.6 Å². The van der Waals surface area contributed by atoms with Gasteiger partial charge in [0.05, 0.1) is 83.3 Å². The predicted molar refractivity (Wildman–Crippen MR) is 580 cm³/mol. The van der Waals surface area contributed by atoms with Crippen LogP contribution in [0.2, 0.25) is 0 Å². The van der Waals surface area contributed by atoms with E-state index in [2.05, 4.69) is 501 Å². The van der Waals surface area contributed by atoms with Crippen LogP contribution in [0.4, 0.5) is 0 Å². The number of hydrogen-bond acceptors (Lipinski definition) is 3. The third kappa shape index (κ3) is 11.9.